The molecule has 112 valence electrons. The Kier molecular flexibility index (Phi) is 4.75. The maximum Gasteiger partial charge on any atom is 0.227 e. The predicted molar refractivity (Wildman–Crippen MR) is 88.1 cm³/mol. The second kappa shape index (κ2) is 6.56. The highest BCUT2D eigenvalue weighted by Gasteiger charge is 2.19. The van der Waals surface area contributed by atoms with Crippen molar-refractivity contribution in [3.8, 4) is 17.2 Å². The molecule has 2 aromatic rings. The summed E-state index contributed by atoms with van der Waals surface area (Å²) in [7, 11) is 0. The van der Waals surface area contributed by atoms with Crippen LogP contribution in [0.5, 0.6) is 0 Å². The average Bonchev–Trinajstić information content (AvgIpc) is 2.48. The Morgan fingerprint density at radius 2 is 1.95 bits per heavy atom. The molecule has 1 aromatic carbocycles. The van der Waals surface area contributed by atoms with E-state index in [-0.39, 0.29) is 22.8 Å². The van der Waals surface area contributed by atoms with E-state index in [1.807, 2.05) is 0 Å². The van der Waals surface area contributed by atoms with Gasteiger partial charge in [0.25, 0.3) is 0 Å². The topological polar surface area (TPSA) is 132 Å². The van der Waals surface area contributed by atoms with E-state index >= 15 is 0 Å². The van der Waals surface area contributed by atoms with Crippen LogP contribution in [-0.2, 0) is 4.79 Å². The van der Waals surface area contributed by atoms with Gasteiger partial charge in [-0.25, -0.2) is 4.98 Å². The molecular weight excluding hydrogens is 322 g/mol. The van der Waals surface area contributed by atoms with Crippen molar-refractivity contribution in [2.75, 3.05) is 17.2 Å². The number of thioether (sulfide) groups is 1. The Hall–Kier alpha value is -2.43. The van der Waals surface area contributed by atoms with E-state index in [4.69, 9.17) is 28.8 Å². The minimum atomic E-state index is -0.515. The number of carbonyl (C=O) groups excluding carboxylic acids is 1. The number of nitrogens with zero attached hydrogens (tertiary/aromatic N) is 2. The molecule has 0 aliphatic rings. The minimum absolute atomic E-state index is 0.00883. The maximum absolute atomic E-state index is 10.9. The molecule has 0 fully saturated rings. The lowest BCUT2D eigenvalue weighted by Gasteiger charge is -2.13. The number of anilines is 2. The standard InChI is InChI=1S/C14H12ClN5OS/c15-8-3-1-7(2-4-8)11-9(5-16)14(22-6-10(17)21)20-13(19)12(11)18/h1-4H,6,18H2,(H2,17,21)(H2,19,20). The van der Waals surface area contributed by atoms with Gasteiger partial charge in [-0.05, 0) is 17.7 Å². The molecule has 0 unspecified atom stereocenters. The quantitative estimate of drug-likeness (QED) is 0.733. The molecule has 6 nitrogen and oxygen atoms in total. The van der Waals surface area contributed by atoms with Gasteiger partial charge < -0.3 is 17.2 Å². The Morgan fingerprint density at radius 3 is 2.50 bits per heavy atom. The number of nitrogen functional groups attached to an aromatic ring is 2. The number of amides is 1. The second-order valence-corrected chi connectivity index (χ2v) is 5.74. The SMILES string of the molecule is N#Cc1c(SCC(N)=O)nc(N)c(N)c1-c1ccc(Cl)cc1. The van der Waals surface area contributed by atoms with E-state index in [1.54, 1.807) is 24.3 Å². The molecule has 1 amide bonds. The molecule has 2 rings (SSSR count). The molecule has 1 heterocycles. The van der Waals surface area contributed by atoms with Crippen molar-refractivity contribution in [1.29, 1.82) is 5.26 Å². The summed E-state index contributed by atoms with van der Waals surface area (Å²) in [6.45, 7) is 0. The minimum Gasteiger partial charge on any atom is -0.395 e. The molecule has 22 heavy (non-hydrogen) atoms. The van der Waals surface area contributed by atoms with Crippen molar-refractivity contribution in [3.63, 3.8) is 0 Å². The molecule has 8 heteroatoms. The van der Waals surface area contributed by atoms with Crippen molar-refractivity contribution in [2.45, 2.75) is 5.03 Å². The molecule has 0 spiro atoms. The van der Waals surface area contributed by atoms with E-state index in [1.165, 1.54) is 0 Å². The van der Waals surface area contributed by atoms with Crippen LogP contribution < -0.4 is 17.2 Å². The molecular formula is C14H12ClN5OS. The fraction of sp³-hybridized carbons (Fsp3) is 0.0714. The van der Waals surface area contributed by atoms with E-state index < -0.39 is 5.91 Å². The Balaban J connectivity index is 2.63. The first-order valence-electron chi connectivity index (χ1n) is 6.10. The Morgan fingerprint density at radius 1 is 1.32 bits per heavy atom. The smallest absolute Gasteiger partial charge is 0.227 e. The summed E-state index contributed by atoms with van der Waals surface area (Å²) in [6.07, 6.45) is 0. The number of aromatic nitrogens is 1. The van der Waals surface area contributed by atoms with Gasteiger partial charge in [-0.3, -0.25) is 4.79 Å². The highest BCUT2D eigenvalue weighted by Crippen LogP contribution is 2.37. The lowest BCUT2D eigenvalue weighted by molar-refractivity contribution is -0.115. The van der Waals surface area contributed by atoms with Crippen LogP contribution in [0.15, 0.2) is 29.3 Å². The summed E-state index contributed by atoms with van der Waals surface area (Å²) < 4.78 is 0. The molecule has 0 aliphatic carbocycles. The zero-order valence-corrected chi connectivity index (χ0v) is 12.9. The molecule has 6 N–H and O–H groups in total. The van der Waals surface area contributed by atoms with E-state index in [9.17, 15) is 10.1 Å². The third-order valence-electron chi connectivity index (χ3n) is 2.83. The summed E-state index contributed by atoms with van der Waals surface area (Å²) in [5, 5.41) is 10.3. The van der Waals surface area contributed by atoms with Crippen molar-refractivity contribution in [3.05, 3.63) is 34.9 Å². The maximum atomic E-state index is 10.9. The van der Waals surface area contributed by atoms with Crippen molar-refractivity contribution < 1.29 is 4.79 Å². The van der Waals surface area contributed by atoms with Crippen LogP contribution >= 0.6 is 23.4 Å². The van der Waals surface area contributed by atoms with Crippen LogP contribution in [0, 0.1) is 11.3 Å². The van der Waals surface area contributed by atoms with Crippen LogP contribution in [0.1, 0.15) is 5.56 Å². The van der Waals surface area contributed by atoms with E-state index in [0.717, 1.165) is 11.8 Å². The summed E-state index contributed by atoms with van der Waals surface area (Å²) in [4.78, 5) is 15.0. The van der Waals surface area contributed by atoms with Gasteiger partial charge in [0, 0.05) is 10.6 Å². The summed E-state index contributed by atoms with van der Waals surface area (Å²) in [5.41, 5.74) is 18.5. The second-order valence-electron chi connectivity index (χ2n) is 4.34. The van der Waals surface area contributed by atoms with Gasteiger partial charge in [0.1, 0.15) is 16.9 Å². The van der Waals surface area contributed by atoms with Gasteiger partial charge >= 0.3 is 0 Å². The van der Waals surface area contributed by atoms with E-state index in [2.05, 4.69) is 11.1 Å². The van der Waals surface area contributed by atoms with E-state index in [0.29, 0.717) is 21.2 Å². The van der Waals surface area contributed by atoms with Gasteiger partial charge in [0.05, 0.1) is 17.0 Å². The number of hydrogen-bond donors (Lipinski definition) is 3. The van der Waals surface area contributed by atoms with Crippen LogP contribution in [-0.4, -0.2) is 16.6 Å². The first kappa shape index (κ1) is 15.9. The number of carbonyl (C=O) groups is 1. The number of pyridine rings is 1. The highest BCUT2D eigenvalue weighted by molar-refractivity contribution is 8.00. The summed E-state index contributed by atoms with van der Waals surface area (Å²) in [6, 6.07) is 8.90. The van der Waals surface area contributed by atoms with Crippen LogP contribution in [0.25, 0.3) is 11.1 Å². The lowest BCUT2D eigenvalue weighted by atomic mass is 10.0. The molecule has 0 aliphatic heterocycles. The number of rotatable bonds is 4. The summed E-state index contributed by atoms with van der Waals surface area (Å²) in [5.74, 6) is -0.430. The number of hydrogen-bond acceptors (Lipinski definition) is 6. The number of halogens is 1. The van der Waals surface area contributed by atoms with Crippen molar-refractivity contribution in [1.82, 2.24) is 4.98 Å². The number of nitrogens with two attached hydrogens (primary N) is 3. The molecule has 0 saturated carbocycles. The van der Waals surface area contributed by atoms with Crippen LogP contribution in [0.3, 0.4) is 0 Å². The van der Waals surface area contributed by atoms with Gasteiger partial charge in [-0.15, -0.1) is 0 Å². The van der Waals surface area contributed by atoms with Crippen molar-refractivity contribution in [2.24, 2.45) is 5.73 Å². The van der Waals surface area contributed by atoms with Crippen molar-refractivity contribution >= 4 is 40.8 Å². The molecule has 0 saturated heterocycles. The zero-order valence-electron chi connectivity index (χ0n) is 11.3. The fourth-order valence-corrected chi connectivity index (χ4v) is 2.72. The van der Waals surface area contributed by atoms with Gasteiger partial charge in [0.2, 0.25) is 5.91 Å². The first-order valence-corrected chi connectivity index (χ1v) is 7.46. The highest BCUT2D eigenvalue weighted by atomic mass is 35.5. The normalized spacial score (nSPS) is 10.2. The summed E-state index contributed by atoms with van der Waals surface area (Å²) >= 11 is 6.92. The Bertz CT molecular complexity index is 770. The van der Waals surface area contributed by atoms with Gasteiger partial charge in [-0.2, -0.15) is 5.26 Å². The lowest BCUT2D eigenvalue weighted by Crippen LogP contribution is -2.14. The third kappa shape index (κ3) is 3.24. The van der Waals surface area contributed by atoms with Gasteiger partial charge in [-0.1, -0.05) is 35.5 Å². The zero-order chi connectivity index (χ0) is 16.3. The molecule has 0 bridgehead atoms. The van der Waals surface area contributed by atoms with Crippen LogP contribution in [0.2, 0.25) is 5.02 Å². The monoisotopic (exact) mass is 333 g/mol. The third-order valence-corrected chi connectivity index (χ3v) is 4.08. The molecule has 0 atom stereocenters. The largest absolute Gasteiger partial charge is 0.395 e. The molecule has 1 aromatic heterocycles. The first-order chi connectivity index (χ1) is 10.4. The molecule has 0 radical (unpaired) electrons. The number of primary amides is 1. The average molecular weight is 334 g/mol. The van der Waals surface area contributed by atoms with Gasteiger partial charge in [0.15, 0.2) is 0 Å². The predicted octanol–water partition coefficient (Wildman–Crippen LogP) is 2.02. The number of nitriles is 1. The fourth-order valence-electron chi connectivity index (χ4n) is 1.86. The Labute approximate surface area is 136 Å². The van der Waals surface area contributed by atoms with Crippen LogP contribution in [0.4, 0.5) is 11.5 Å². The number of benzene rings is 1.